The molecule has 19 heavy (non-hydrogen) atoms. The minimum Gasteiger partial charge on any atom is -0.389 e. The number of nitrogens with two attached hydrogens (primary N) is 1. The van der Waals surface area contributed by atoms with Gasteiger partial charge in [-0.2, -0.15) is 4.98 Å². The Morgan fingerprint density at radius 1 is 1.58 bits per heavy atom. The number of nitrogens with zero attached hydrogens (tertiary/aromatic N) is 2. The molecule has 3 N–H and O–H groups in total. The summed E-state index contributed by atoms with van der Waals surface area (Å²) in [5, 5.41) is 9.96. The minimum absolute atomic E-state index is 0.0926. The molecule has 100 valence electrons. The van der Waals surface area contributed by atoms with Gasteiger partial charge in [-0.1, -0.05) is 11.6 Å². The van der Waals surface area contributed by atoms with Crippen molar-refractivity contribution in [3.8, 4) is 0 Å². The number of aromatic nitrogens is 2. The van der Waals surface area contributed by atoms with Crippen LogP contribution in [-0.2, 0) is 4.74 Å². The standard InChI is InChI=1S/C13H15N3O3/c14-9-3-4-16(12(18)15-9)10-5-8-11(17)13(8,19-10)6-7-1-2-7/h3-4,6,8,10-11,17H,1-2,5H2,(H2,14,15,18)/t8?,10-,11-,13+/m1/s1. The van der Waals surface area contributed by atoms with Crippen molar-refractivity contribution in [1.82, 2.24) is 9.55 Å². The molecule has 6 nitrogen and oxygen atoms in total. The van der Waals surface area contributed by atoms with Gasteiger partial charge < -0.3 is 15.6 Å². The number of aliphatic hydroxyl groups excluding tert-OH is 1. The van der Waals surface area contributed by atoms with Crippen molar-refractivity contribution in [1.29, 1.82) is 0 Å². The number of allylic oxidation sites excluding steroid dienone is 1. The summed E-state index contributed by atoms with van der Waals surface area (Å²) >= 11 is 0. The summed E-state index contributed by atoms with van der Waals surface area (Å²) in [6.45, 7) is 0. The fourth-order valence-electron chi connectivity index (χ4n) is 2.98. The van der Waals surface area contributed by atoms with E-state index in [0.29, 0.717) is 6.42 Å². The number of nitrogen functional groups attached to an aromatic ring is 1. The van der Waals surface area contributed by atoms with Gasteiger partial charge in [-0.3, -0.25) is 4.57 Å². The number of fused-ring (bicyclic) bond motifs is 1. The summed E-state index contributed by atoms with van der Waals surface area (Å²) in [6.07, 6.45) is 5.69. The van der Waals surface area contributed by atoms with Crippen LogP contribution in [0.15, 0.2) is 28.7 Å². The molecule has 0 spiro atoms. The highest BCUT2D eigenvalue weighted by Crippen LogP contribution is 2.61. The van der Waals surface area contributed by atoms with Crippen molar-refractivity contribution in [2.24, 2.45) is 5.92 Å². The monoisotopic (exact) mass is 261 g/mol. The lowest BCUT2D eigenvalue weighted by Crippen LogP contribution is -2.30. The zero-order valence-corrected chi connectivity index (χ0v) is 10.3. The molecular weight excluding hydrogens is 246 g/mol. The number of aliphatic hydroxyl groups is 1. The molecule has 0 amide bonds. The largest absolute Gasteiger partial charge is 0.389 e. The Morgan fingerprint density at radius 2 is 2.37 bits per heavy atom. The van der Waals surface area contributed by atoms with Crippen LogP contribution in [0.5, 0.6) is 0 Å². The van der Waals surface area contributed by atoms with Crippen LogP contribution in [0, 0.1) is 5.92 Å². The normalized spacial score (nSPS) is 39.0. The van der Waals surface area contributed by atoms with E-state index in [0.717, 1.165) is 12.8 Å². The summed E-state index contributed by atoms with van der Waals surface area (Å²) in [7, 11) is 0. The number of hydrogen-bond acceptors (Lipinski definition) is 5. The molecule has 2 aliphatic carbocycles. The topological polar surface area (TPSA) is 90.4 Å². The average molecular weight is 261 g/mol. The zero-order chi connectivity index (χ0) is 13.2. The zero-order valence-electron chi connectivity index (χ0n) is 10.3. The van der Waals surface area contributed by atoms with E-state index < -0.39 is 17.4 Å². The van der Waals surface area contributed by atoms with Crippen LogP contribution in [0.4, 0.5) is 5.82 Å². The van der Waals surface area contributed by atoms with E-state index in [1.165, 1.54) is 10.1 Å². The highest BCUT2D eigenvalue weighted by molar-refractivity contribution is 5.35. The third-order valence-electron chi connectivity index (χ3n) is 4.24. The second-order valence-corrected chi connectivity index (χ2v) is 5.56. The highest BCUT2D eigenvalue weighted by Gasteiger charge is 2.70. The van der Waals surface area contributed by atoms with Crippen LogP contribution < -0.4 is 11.4 Å². The number of ether oxygens (including phenoxy) is 1. The summed E-state index contributed by atoms with van der Waals surface area (Å²) in [5.41, 5.74) is 5.84. The number of anilines is 1. The van der Waals surface area contributed by atoms with Crippen LogP contribution in [0.3, 0.4) is 0 Å². The van der Waals surface area contributed by atoms with E-state index in [1.807, 2.05) is 0 Å². The molecule has 4 atom stereocenters. The summed E-state index contributed by atoms with van der Waals surface area (Å²) < 4.78 is 7.40. The number of rotatable bonds is 2. The van der Waals surface area contributed by atoms with Crippen LogP contribution in [0.1, 0.15) is 25.5 Å². The quantitative estimate of drug-likeness (QED) is 0.742. The van der Waals surface area contributed by atoms with Crippen LogP contribution in [0.2, 0.25) is 0 Å². The van der Waals surface area contributed by atoms with Crippen molar-refractivity contribution >= 4 is 5.82 Å². The van der Waals surface area contributed by atoms with Gasteiger partial charge in [0.1, 0.15) is 17.6 Å². The lowest BCUT2D eigenvalue weighted by Gasteiger charge is -2.19. The first-order valence-electron chi connectivity index (χ1n) is 6.51. The lowest BCUT2D eigenvalue weighted by atomic mass is 10.2. The van der Waals surface area contributed by atoms with Gasteiger partial charge in [0, 0.05) is 18.5 Å². The molecule has 1 aromatic rings. The highest BCUT2D eigenvalue weighted by atomic mass is 16.6. The second kappa shape index (κ2) is 3.46. The Kier molecular flexibility index (Phi) is 2.04. The molecule has 0 aromatic carbocycles. The molecule has 1 aliphatic heterocycles. The van der Waals surface area contributed by atoms with Gasteiger partial charge in [0.25, 0.3) is 0 Å². The molecule has 2 saturated carbocycles. The average Bonchev–Trinajstić information content (AvgIpc) is 3.20. The van der Waals surface area contributed by atoms with Crippen LogP contribution in [-0.4, -0.2) is 26.4 Å². The van der Waals surface area contributed by atoms with E-state index in [1.54, 1.807) is 12.3 Å². The van der Waals surface area contributed by atoms with Crippen molar-refractivity contribution < 1.29 is 9.84 Å². The van der Waals surface area contributed by atoms with Gasteiger partial charge in [0.2, 0.25) is 0 Å². The SMILES string of the molecule is Nc1ccn([C@H]2CC3[C@@H](O)[C@@]3(C=C3CC3)O2)c(=O)n1. The van der Waals surface area contributed by atoms with Gasteiger partial charge >= 0.3 is 5.69 Å². The first kappa shape index (κ1) is 11.2. The smallest absolute Gasteiger partial charge is 0.351 e. The third kappa shape index (κ3) is 1.56. The van der Waals surface area contributed by atoms with E-state index in [2.05, 4.69) is 11.1 Å². The van der Waals surface area contributed by atoms with E-state index in [4.69, 9.17) is 10.5 Å². The van der Waals surface area contributed by atoms with Gasteiger partial charge in [-0.25, -0.2) is 4.79 Å². The molecule has 4 rings (SSSR count). The first-order valence-corrected chi connectivity index (χ1v) is 6.51. The Balaban J connectivity index is 1.63. The molecule has 3 aliphatic rings. The summed E-state index contributed by atoms with van der Waals surface area (Å²) in [6, 6.07) is 1.58. The van der Waals surface area contributed by atoms with Crippen molar-refractivity contribution in [3.05, 3.63) is 34.4 Å². The number of hydrogen-bond donors (Lipinski definition) is 2. The second-order valence-electron chi connectivity index (χ2n) is 5.56. The maximum atomic E-state index is 11.8. The molecular formula is C13H15N3O3. The molecule has 1 aromatic heterocycles. The Labute approximate surface area is 109 Å². The first-order chi connectivity index (χ1) is 9.10. The Morgan fingerprint density at radius 3 is 3.05 bits per heavy atom. The molecule has 2 heterocycles. The molecule has 1 unspecified atom stereocenters. The van der Waals surface area contributed by atoms with Crippen LogP contribution >= 0.6 is 0 Å². The summed E-state index contributed by atoms with van der Waals surface area (Å²) in [5.74, 6) is 0.300. The van der Waals surface area contributed by atoms with Gasteiger partial charge in [0.15, 0.2) is 0 Å². The third-order valence-corrected chi connectivity index (χ3v) is 4.24. The lowest BCUT2D eigenvalue weighted by molar-refractivity contribution is -0.0457. The van der Waals surface area contributed by atoms with E-state index in [-0.39, 0.29) is 18.0 Å². The Hall–Kier alpha value is -1.66. The molecule has 1 saturated heterocycles. The van der Waals surface area contributed by atoms with E-state index >= 15 is 0 Å². The minimum atomic E-state index is -0.558. The Bertz CT molecular complexity index is 632. The molecule has 3 fully saturated rings. The fourth-order valence-corrected chi connectivity index (χ4v) is 2.98. The molecule has 0 radical (unpaired) electrons. The predicted octanol–water partition coefficient (Wildman–Crippen LogP) is 0.194. The van der Waals surface area contributed by atoms with Gasteiger partial charge in [-0.15, -0.1) is 0 Å². The van der Waals surface area contributed by atoms with Gasteiger partial charge in [0.05, 0.1) is 6.10 Å². The van der Waals surface area contributed by atoms with Gasteiger partial charge in [-0.05, 0) is 18.9 Å². The van der Waals surface area contributed by atoms with Crippen molar-refractivity contribution in [2.75, 3.05) is 5.73 Å². The fraction of sp³-hybridized carbons (Fsp3) is 0.538. The molecule has 6 heteroatoms. The van der Waals surface area contributed by atoms with Crippen molar-refractivity contribution in [2.45, 2.75) is 37.2 Å². The summed E-state index contributed by atoms with van der Waals surface area (Å²) in [4.78, 5) is 15.5. The van der Waals surface area contributed by atoms with Crippen molar-refractivity contribution in [3.63, 3.8) is 0 Å². The maximum absolute atomic E-state index is 11.8. The predicted molar refractivity (Wildman–Crippen MR) is 67.2 cm³/mol. The molecule has 0 bridgehead atoms. The van der Waals surface area contributed by atoms with E-state index in [9.17, 15) is 9.90 Å². The maximum Gasteiger partial charge on any atom is 0.351 e. The van der Waals surface area contributed by atoms with Crippen LogP contribution in [0.25, 0.3) is 0 Å².